The molecule has 158 valence electrons. The number of nitrogens with one attached hydrogen (secondary N) is 1. The molecule has 0 unspecified atom stereocenters. The van der Waals surface area contributed by atoms with Crippen LogP contribution in [0.5, 0.6) is 5.75 Å². The molecular weight excluding hydrogens is 399 g/mol. The van der Waals surface area contributed by atoms with Crippen molar-refractivity contribution < 1.29 is 19.0 Å². The number of halogens is 1. The van der Waals surface area contributed by atoms with E-state index in [2.05, 4.69) is 15.3 Å². The first-order valence-electron chi connectivity index (χ1n) is 9.70. The van der Waals surface area contributed by atoms with E-state index in [1.54, 1.807) is 31.4 Å². The van der Waals surface area contributed by atoms with Crippen LogP contribution in [0.2, 0.25) is 0 Å². The number of anilines is 1. The molecular formula is C23H21FN4O3. The average Bonchev–Trinajstić information content (AvgIpc) is 3.11. The molecule has 0 saturated carbocycles. The van der Waals surface area contributed by atoms with Crippen molar-refractivity contribution in [2.45, 2.75) is 13.5 Å². The number of carbonyl (C=O) groups is 1. The van der Waals surface area contributed by atoms with Gasteiger partial charge in [-0.2, -0.15) is 0 Å². The van der Waals surface area contributed by atoms with Crippen LogP contribution < -0.4 is 10.1 Å². The second-order valence-electron chi connectivity index (χ2n) is 7.05. The lowest BCUT2D eigenvalue weighted by Crippen LogP contribution is -2.13. The number of aryl methyl sites for hydroxylation is 1. The number of hydrogen-bond acceptors (Lipinski definition) is 5. The van der Waals surface area contributed by atoms with E-state index in [0.717, 1.165) is 16.6 Å². The highest BCUT2D eigenvalue weighted by Gasteiger charge is 2.14. The molecule has 0 bridgehead atoms. The predicted molar refractivity (Wildman–Crippen MR) is 116 cm³/mol. The van der Waals surface area contributed by atoms with E-state index in [0.29, 0.717) is 35.9 Å². The summed E-state index contributed by atoms with van der Waals surface area (Å²) >= 11 is 0. The Morgan fingerprint density at radius 3 is 2.65 bits per heavy atom. The number of methoxy groups -OCH3 is 1. The molecule has 2 aromatic carbocycles. The number of aromatic nitrogens is 3. The lowest BCUT2D eigenvalue weighted by atomic mass is 10.1. The van der Waals surface area contributed by atoms with Crippen molar-refractivity contribution in [3.05, 3.63) is 71.9 Å². The van der Waals surface area contributed by atoms with Crippen LogP contribution >= 0.6 is 0 Å². The van der Waals surface area contributed by atoms with Gasteiger partial charge >= 0.3 is 5.97 Å². The van der Waals surface area contributed by atoms with Gasteiger partial charge in [0.15, 0.2) is 0 Å². The summed E-state index contributed by atoms with van der Waals surface area (Å²) in [4.78, 5) is 19.5. The third-order valence-corrected chi connectivity index (χ3v) is 5.13. The van der Waals surface area contributed by atoms with Crippen molar-refractivity contribution >= 4 is 22.7 Å². The van der Waals surface area contributed by atoms with Crippen molar-refractivity contribution in [1.29, 1.82) is 0 Å². The molecule has 0 aliphatic rings. The van der Waals surface area contributed by atoms with Crippen LogP contribution in [-0.2, 0) is 6.54 Å². The van der Waals surface area contributed by atoms with E-state index in [1.165, 1.54) is 24.5 Å². The molecule has 4 aromatic rings. The normalized spacial score (nSPS) is 10.9. The first kappa shape index (κ1) is 20.3. The number of carboxylic acids is 1. The monoisotopic (exact) mass is 420 g/mol. The molecule has 0 spiro atoms. The SMILES string of the molecule is COc1ccc(F)c2c1cc(C)n2CCNc1cc(-c2ccc(C(=O)O)cc2)ncn1. The molecule has 0 radical (unpaired) electrons. The van der Waals surface area contributed by atoms with Crippen molar-refractivity contribution in [3.63, 3.8) is 0 Å². The maximum absolute atomic E-state index is 14.5. The van der Waals surface area contributed by atoms with Gasteiger partial charge in [0, 0.05) is 35.8 Å². The van der Waals surface area contributed by atoms with Gasteiger partial charge in [0.2, 0.25) is 0 Å². The summed E-state index contributed by atoms with van der Waals surface area (Å²) in [5, 5.41) is 13.0. The third-order valence-electron chi connectivity index (χ3n) is 5.13. The van der Waals surface area contributed by atoms with Crippen molar-refractivity contribution in [1.82, 2.24) is 14.5 Å². The molecule has 2 heterocycles. The molecule has 8 heteroatoms. The largest absolute Gasteiger partial charge is 0.496 e. The molecule has 0 aliphatic carbocycles. The molecule has 0 saturated heterocycles. The number of rotatable bonds is 7. The average molecular weight is 420 g/mol. The number of nitrogens with zero attached hydrogens (tertiary/aromatic N) is 3. The quantitative estimate of drug-likeness (QED) is 0.462. The highest BCUT2D eigenvalue weighted by atomic mass is 19.1. The summed E-state index contributed by atoms with van der Waals surface area (Å²) in [6.07, 6.45) is 1.45. The summed E-state index contributed by atoms with van der Waals surface area (Å²) in [6.45, 7) is 2.99. The molecule has 2 N–H and O–H groups in total. The molecule has 0 aliphatic heterocycles. The number of aromatic carboxylic acids is 1. The minimum Gasteiger partial charge on any atom is -0.496 e. The maximum atomic E-state index is 14.5. The Kier molecular flexibility index (Phi) is 5.53. The van der Waals surface area contributed by atoms with Gasteiger partial charge in [-0.15, -0.1) is 0 Å². The fourth-order valence-electron chi connectivity index (χ4n) is 3.60. The molecule has 31 heavy (non-hydrogen) atoms. The molecule has 0 fully saturated rings. The van der Waals surface area contributed by atoms with Crippen LogP contribution in [-0.4, -0.2) is 39.3 Å². The summed E-state index contributed by atoms with van der Waals surface area (Å²) in [7, 11) is 1.57. The Labute approximate surface area is 178 Å². The second-order valence-corrected chi connectivity index (χ2v) is 7.05. The number of fused-ring (bicyclic) bond motifs is 1. The zero-order valence-corrected chi connectivity index (χ0v) is 17.1. The highest BCUT2D eigenvalue weighted by molar-refractivity contribution is 5.88. The van der Waals surface area contributed by atoms with Crippen LogP contribution in [0.1, 0.15) is 16.1 Å². The fourth-order valence-corrected chi connectivity index (χ4v) is 3.60. The Bertz CT molecular complexity index is 1250. The number of ether oxygens (including phenoxy) is 1. The number of carboxylic acid groups (broad SMARTS) is 1. The first-order valence-corrected chi connectivity index (χ1v) is 9.70. The Morgan fingerprint density at radius 1 is 1.16 bits per heavy atom. The summed E-state index contributed by atoms with van der Waals surface area (Å²) < 4.78 is 21.8. The molecule has 2 aromatic heterocycles. The minimum absolute atomic E-state index is 0.217. The zero-order valence-electron chi connectivity index (χ0n) is 17.1. The van der Waals surface area contributed by atoms with Crippen LogP contribution in [0.4, 0.5) is 10.2 Å². The molecule has 0 atom stereocenters. The first-order chi connectivity index (χ1) is 15.0. The lowest BCUT2D eigenvalue weighted by Gasteiger charge is -2.12. The Morgan fingerprint density at radius 2 is 1.94 bits per heavy atom. The van der Waals surface area contributed by atoms with Crippen molar-refractivity contribution in [3.8, 4) is 17.0 Å². The summed E-state index contributed by atoms with van der Waals surface area (Å²) in [5.74, 6) is -0.00319. The van der Waals surface area contributed by atoms with E-state index in [-0.39, 0.29) is 11.4 Å². The van der Waals surface area contributed by atoms with Crippen LogP contribution in [0.15, 0.2) is 54.9 Å². The van der Waals surface area contributed by atoms with Gasteiger partial charge in [-0.1, -0.05) is 12.1 Å². The predicted octanol–water partition coefficient (Wildman–Crippen LogP) is 4.36. The minimum atomic E-state index is -0.974. The zero-order chi connectivity index (χ0) is 22.0. The van der Waals surface area contributed by atoms with Gasteiger partial charge < -0.3 is 19.7 Å². The molecule has 7 nitrogen and oxygen atoms in total. The van der Waals surface area contributed by atoms with Crippen LogP contribution in [0, 0.1) is 12.7 Å². The van der Waals surface area contributed by atoms with E-state index in [4.69, 9.17) is 9.84 Å². The second kappa shape index (κ2) is 8.43. The van der Waals surface area contributed by atoms with E-state index >= 15 is 0 Å². The van der Waals surface area contributed by atoms with Crippen molar-refractivity contribution in [2.24, 2.45) is 0 Å². The molecule has 0 amide bonds. The summed E-state index contributed by atoms with van der Waals surface area (Å²) in [6, 6.07) is 13.2. The van der Waals surface area contributed by atoms with Gasteiger partial charge in [-0.05, 0) is 37.3 Å². The Balaban J connectivity index is 1.50. The summed E-state index contributed by atoms with van der Waals surface area (Å²) in [5.41, 5.74) is 3.13. The topological polar surface area (TPSA) is 89.3 Å². The highest BCUT2D eigenvalue weighted by Crippen LogP contribution is 2.30. The molecule has 4 rings (SSSR count). The standard InChI is InChI=1S/C23H21FN4O3/c1-14-11-17-20(31-2)8-7-18(24)22(17)28(14)10-9-25-21-12-19(26-13-27-21)15-3-5-16(6-4-15)23(29)30/h3-8,11-13H,9-10H2,1-2H3,(H,29,30)(H,25,26,27). The Hall–Kier alpha value is -3.94. The van der Waals surface area contributed by atoms with E-state index in [1.807, 2.05) is 17.6 Å². The van der Waals surface area contributed by atoms with Gasteiger partial charge in [0.05, 0.1) is 23.9 Å². The van der Waals surface area contributed by atoms with E-state index in [9.17, 15) is 9.18 Å². The number of hydrogen-bond donors (Lipinski definition) is 2. The van der Waals surface area contributed by atoms with Gasteiger partial charge in [-0.3, -0.25) is 0 Å². The van der Waals surface area contributed by atoms with Gasteiger partial charge in [0.25, 0.3) is 0 Å². The van der Waals surface area contributed by atoms with Gasteiger partial charge in [0.1, 0.15) is 23.7 Å². The number of benzene rings is 2. The maximum Gasteiger partial charge on any atom is 0.335 e. The smallest absolute Gasteiger partial charge is 0.335 e. The van der Waals surface area contributed by atoms with Crippen molar-refractivity contribution in [2.75, 3.05) is 19.0 Å². The van der Waals surface area contributed by atoms with Crippen LogP contribution in [0.3, 0.4) is 0 Å². The van der Waals surface area contributed by atoms with Gasteiger partial charge in [-0.25, -0.2) is 19.2 Å². The third kappa shape index (κ3) is 4.05. The van der Waals surface area contributed by atoms with Crippen LogP contribution in [0.25, 0.3) is 22.2 Å². The van der Waals surface area contributed by atoms with E-state index < -0.39 is 5.97 Å². The fraction of sp³-hybridized carbons (Fsp3) is 0.174. The lowest BCUT2D eigenvalue weighted by molar-refractivity contribution is 0.0697.